The summed E-state index contributed by atoms with van der Waals surface area (Å²) in [5.41, 5.74) is 1.55. The van der Waals surface area contributed by atoms with Crippen LogP contribution in [0.15, 0.2) is 35.4 Å². The van der Waals surface area contributed by atoms with E-state index in [9.17, 15) is 4.79 Å². The first-order valence-electron chi connectivity index (χ1n) is 4.18. The second-order valence-corrected chi connectivity index (χ2v) is 3.00. The molecule has 0 unspecified atom stereocenters. The first kappa shape index (κ1) is 11.4. The van der Waals surface area contributed by atoms with Crippen molar-refractivity contribution in [3.05, 3.63) is 30.3 Å². The van der Waals surface area contributed by atoms with Crippen LogP contribution in [0, 0.1) is 0 Å². The van der Waals surface area contributed by atoms with Crippen molar-refractivity contribution in [1.29, 1.82) is 0 Å². The third-order valence-electron chi connectivity index (χ3n) is 2.02. The molecule has 1 aliphatic rings. The van der Waals surface area contributed by atoms with E-state index in [-0.39, 0.29) is 35.3 Å². The summed E-state index contributed by atoms with van der Waals surface area (Å²) in [6.45, 7) is 2.11. The van der Waals surface area contributed by atoms with Crippen molar-refractivity contribution in [2.24, 2.45) is 5.10 Å². The third-order valence-corrected chi connectivity index (χ3v) is 2.02. The van der Waals surface area contributed by atoms with Crippen molar-refractivity contribution < 1.29 is 4.79 Å². The van der Waals surface area contributed by atoms with Gasteiger partial charge in [0.05, 0.1) is 5.69 Å². The van der Waals surface area contributed by atoms with Crippen LogP contribution in [0.4, 0.5) is 5.69 Å². The van der Waals surface area contributed by atoms with Gasteiger partial charge in [0.15, 0.2) is 5.78 Å². The number of carbonyl (C=O) groups excluding carboxylic acids is 1. The molecule has 1 aromatic carbocycles. The Balaban J connectivity index is 0.000000980. The minimum absolute atomic E-state index is 0. The normalized spacial score (nSPS) is 15.1. The molecule has 1 aliphatic heterocycles. The van der Waals surface area contributed by atoms with Gasteiger partial charge in [-0.15, -0.1) is 0 Å². The molecule has 4 heteroatoms. The van der Waals surface area contributed by atoms with Crippen LogP contribution < -0.4 is 5.01 Å². The van der Waals surface area contributed by atoms with Gasteiger partial charge in [0.1, 0.15) is 12.3 Å². The summed E-state index contributed by atoms with van der Waals surface area (Å²) in [5.74, 6) is 0.101. The maximum absolute atomic E-state index is 11.2. The second kappa shape index (κ2) is 4.73. The van der Waals surface area contributed by atoms with E-state index in [0.29, 0.717) is 12.3 Å². The van der Waals surface area contributed by atoms with Gasteiger partial charge in [-0.2, -0.15) is 5.10 Å². The quantitative estimate of drug-likeness (QED) is 0.625. The van der Waals surface area contributed by atoms with E-state index in [1.807, 2.05) is 30.3 Å². The molecule has 0 amide bonds. The molecule has 0 saturated carbocycles. The molecule has 0 radical (unpaired) electrons. The SMILES string of the molecule is CC1=NN(c2ccccc2)CC1=O.[NaH]. The number of benzene rings is 1. The molecule has 14 heavy (non-hydrogen) atoms. The number of para-hydroxylation sites is 1. The summed E-state index contributed by atoms with van der Waals surface area (Å²) in [7, 11) is 0. The number of hydrogen-bond acceptors (Lipinski definition) is 3. The molecule has 3 nitrogen and oxygen atoms in total. The predicted molar refractivity (Wildman–Crippen MR) is 59.1 cm³/mol. The zero-order valence-electron chi connectivity index (χ0n) is 7.40. The molecule has 0 atom stereocenters. The number of hydrogen-bond donors (Lipinski definition) is 0. The van der Waals surface area contributed by atoms with Crippen LogP contribution in [0.5, 0.6) is 0 Å². The standard InChI is InChI=1S/C10H10N2O.Na.H/c1-8-10(13)7-12(11-8)9-5-3-2-4-6-9;;/h2-6H,7H2,1H3;;. The number of anilines is 1. The number of rotatable bonds is 1. The van der Waals surface area contributed by atoms with Gasteiger partial charge in [-0.3, -0.25) is 9.80 Å². The molecule has 68 valence electrons. The van der Waals surface area contributed by atoms with Gasteiger partial charge < -0.3 is 0 Å². The van der Waals surface area contributed by atoms with Crippen LogP contribution in [0.25, 0.3) is 0 Å². The predicted octanol–water partition coefficient (Wildman–Crippen LogP) is 0.803. The Hall–Kier alpha value is -0.640. The Kier molecular flexibility index (Phi) is 3.86. The van der Waals surface area contributed by atoms with Crippen molar-refractivity contribution in [1.82, 2.24) is 0 Å². The van der Waals surface area contributed by atoms with E-state index in [1.165, 1.54) is 0 Å². The van der Waals surface area contributed by atoms with Gasteiger partial charge in [0.25, 0.3) is 0 Å². The minimum atomic E-state index is 0. The fourth-order valence-electron chi connectivity index (χ4n) is 1.27. The summed E-state index contributed by atoms with van der Waals surface area (Å²) in [5, 5.41) is 5.86. The zero-order chi connectivity index (χ0) is 9.26. The fourth-order valence-corrected chi connectivity index (χ4v) is 1.27. The first-order chi connectivity index (χ1) is 6.27. The van der Waals surface area contributed by atoms with Crippen LogP contribution in [0.2, 0.25) is 0 Å². The third kappa shape index (κ3) is 2.23. The molecule has 0 bridgehead atoms. The molecule has 0 aromatic heterocycles. The Morgan fingerprint density at radius 1 is 1.29 bits per heavy atom. The number of nitrogens with zero attached hydrogens (tertiary/aromatic N) is 2. The van der Waals surface area contributed by atoms with Crippen molar-refractivity contribution in [3.63, 3.8) is 0 Å². The van der Waals surface area contributed by atoms with Crippen molar-refractivity contribution >= 4 is 46.7 Å². The molecule has 0 N–H and O–H groups in total. The van der Waals surface area contributed by atoms with Crippen molar-refractivity contribution in [2.75, 3.05) is 11.6 Å². The average Bonchev–Trinajstić information content (AvgIpc) is 2.49. The fraction of sp³-hybridized carbons (Fsp3) is 0.200. The van der Waals surface area contributed by atoms with Crippen molar-refractivity contribution in [3.8, 4) is 0 Å². The molecule has 0 spiro atoms. The van der Waals surface area contributed by atoms with Crippen LogP contribution >= 0.6 is 0 Å². The van der Waals surface area contributed by atoms with Crippen molar-refractivity contribution in [2.45, 2.75) is 6.92 Å². The van der Waals surface area contributed by atoms with E-state index in [1.54, 1.807) is 11.9 Å². The Labute approximate surface area is 105 Å². The molecular weight excluding hydrogens is 187 g/mol. The molecule has 2 rings (SSSR count). The zero-order valence-corrected chi connectivity index (χ0v) is 7.40. The average molecular weight is 198 g/mol. The summed E-state index contributed by atoms with van der Waals surface area (Å²) >= 11 is 0. The Bertz CT molecular complexity index is 362. The summed E-state index contributed by atoms with van der Waals surface area (Å²) < 4.78 is 0. The van der Waals surface area contributed by atoms with E-state index in [2.05, 4.69) is 5.10 Å². The number of Topliss-reactive ketones (excluding diaryl/α,β-unsaturated/α-hetero) is 1. The van der Waals surface area contributed by atoms with Gasteiger partial charge in [-0.25, -0.2) is 0 Å². The summed E-state index contributed by atoms with van der Waals surface area (Å²) in [6.07, 6.45) is 0. The van der Waals surface area contributed by atoms with Crippen LogP contribution in [0.1, 0.15) is 6.92 Å². The monoisotopic (exact) mass is 198 g/mol. The topological polar surface area (TPSA) is 32.7 Å². The molecule has 0 saturated heterocycles. The number of ketones is 1. The molecule has 0 aliphatic carbocycles. The van der Waals surface area contributed by atoms with Crippen LogP contribution in [-0.2, 0) is 4.79 Å². The molecule has 0 fully saturated rings. The molecular formula is C10H11N2NaO. The summed E-state index contributed by atoms with van der Waals surface area (Å²) in [4.78, 5) is 11.2. The number of carbonyl (C=O) groups is 1. The Morgan fingerprint density at radius 2 is 1.93 bits per heavy atom. The van der Waals surface area contributed by atoms with E-state index < -0.39 is 0 Å². The van der Waals surface area contributed by atoms with E-state index in [0.717, 1.165) is 5.69 Å². The number of hydrazone groups is 1. The summed E-state index contributed by atoms with van der Waals surface area (Å²) in [6, 6.07) is 9.69. The Morgan fingerprint density at radius 3 is 2.43 bits per heavy atom. The van der Waals surface area contributed by atoms with Crippen LogP contribution in [0.3, 0.4) is 0 Å². The van der Waals surface area contributed by atoms with Gasteiger partial charge in [0.2, 0.25) is 0 Å². The van der Waals surface area contributed by atoms with Gasteiger partial charge in [-0.05, 0) is 19.1 Å². The van der Waals surface area contributed by atoms with E-state index in [4.69, 9.17) is 0 Å². The molecule has 1 aromatic rings. The van der Waals surface area contributed by atoms with Gasteiger partial charge in [0, 0.05) is 0 Å². The van der Waals surface area contributed by atoms with Gasteiger partial charge >= 0.3 is 29.6 Å². The maximum atomic E-state index is 11.2. The molecule has 1 heterocycles. The first-order valence-corrected chi connectivity index (χ1v) is 4.18. The van der Waals surface area contributed by atoms with Crippen LogP contribution in [-0.4, -0.2) is 47.6 Å². The van der Waals surface area contributed by atoms with Gasteiger partial charge in [-0.1, -0.05) is 18.2 Å². The second-order valence-electron chi connectivity index (χ2n) is 3.00. The van der Waals surface area contributed by atoms with E-state index >= 15 is 0 Å².